The molecule has 0 radical (unpaired) electrons. The molecule has 8 heteroatoms. The van der Waals surface area contributed by atoms with Gasteiger partial charge in [-0.05, 0) is 50.2 Å². The van der Waals surface area contributed by atoms with Crippen LogP contribution in [0.4, 0.5) is 11.4 Å². The Labute approximate surface area is 180 Å². The maximum Gasteiger partial charge on any atom is 0.237 e. The van der Waals surface area contributed by atoms with Crippen LogP contribution in [0.5, 0.6) is 5.75 Å². The molecule has 3 aromatic rings. The molecule has 1 aliphatic rings. The normalized spacial score (nSPS) is 15.2. The fourth-order valence-electron chi connectivity index (χ4n) is 3.32. The lowest BCUT2D eigenvalue weighted by molar-refractivity contribution is -0.115. The quantitative estimate of drug-likeness (QED) is 0.558. The van der Waals surface area contributed by atoms with Crippen molar-refractivity contribution in [3.05, 3.63) is 42.5 Å². The zero-order valence-corrected chi connectivity index (χ0v) is 18.0. The summed E-state index contributed by atoms with van der Waals surface area (Å²) in [5.41, 5.74) is 3.69. The van der Waals surface area contributed by atoms with Crippen LogP contribution in [0.2, 0.25) is 0 Å². The number of benzene rings is 2. The third-order valence-corrected chi connectivity index (χ3v) is 5.90. The summed E-state index contributed by atoms with van der Waals surface area (Å²) in [4.78, 5) is 22.7. The standard InChI is InChI=1S/C22H26N4O3S/c1-3-29-18-8-9-19-20(14-18)25-22(24-19)30-15(2)21(27)23-16-4-6-17(7-5-16)26-10-12-28-13-11-26/h4-9,14-15H,3,10-13H2,1-2H3,(H,23,27)(H,24,25). The largest absolute Gasteiger partial charge is 0.494 e. The molecule has 1 amide bonds. The average molecular weight is 427 g/mol. The van der Waals surface area contributed by atoms with Gasteiger partial charge in [0.05, 0.1) is 36.1 Å². The molecule has 0 aliphatic carbocycles. The zero-order valence-electron chi connectivity index (χ0n) is 17.2. The average Bonchev–Trinajstić information content (AvgIpc) is 3.16. The lowest BCUT2D eigenvalue weighted by Crippen LogP contribution is -2.36. The number of amides is 1. The van der Waals surface area contributed by atoms with E-state index < -0.39 is 0 Å². The number of fused-ring (bicyclic) bond motifs is 1. The Morgan fingerprint density at radius 3 is 2.77 bits per heavy atom. The third kappa shape index (κ3) is 4.88. The summed E-state index contributed by atoms with van der Waals surface area (Å²) in [6, 6.07) is 13.7. The van der Waals surface area contributed by atoms with Crippen LogP contribution < -0.4 is 15.0 Å². The maximum atomic E-state index is 12.6. The number of aromatic amines is 1. The molecule has 4 rings (SSSR count). The van der Waals surface area contributed by atoms with Crippen molar-refractivity contribution in [1.29, 1.82) is 0 Å². The van der Waals surface area contributed by atoms with Gasteiger partial charge in [0, 0.05) is 30.5 Å². The lowest BCUT2D eigenvalue weighted by Gasteiger charge is -2.28. The van der Waals surface area contributed by atoms with Crippen molar-refractivity contribution >= 4 is 40.1 Å². The fourth-order valence-corrected chi connectivity index (χ4v) is 4.14. The fraction of sp³-hybridized carbons (Fsp3) is 0.364. The molecule has 1 aliphatic heterocycles. The predicted molar refractivity (Wildman–Crippen MR) is 121 cm³/mol. The molecule has 2 heterocycles. The smallest absolute Gasteiger partial charge is 0.237 e. The molecule has 1 fully saturated rings. The van der Waals surface area contributed by atoms with Gasteiger partial charge in [0.15, 0.2) is 5.16 Å². The molecule has 30 heavy (non-hydrogen) atoms. The number of rotatable bonds is 7. The second-order valence-electron chi connectivity index (χ2n) is 7.05. The van der Waals surface area contributed by atoms with E-state index in [1.54, 1.807) is 0 Å². The topological polar surface area (TPSA) is 79.5 Å². The molecule has 0 bridgehead atoms. The molecular formula is C22H26N4O3S. The van der Waals surface area contributed by atoms with Gasteiger partial charge in [0.2, 0.25) is 5.91 Å². The summed E-state index contributed by atoms with van der Waals surface area (Å²) in [5, 5.41) is 3.40. The molecule has 2 N–H and O–H groups in total. The van der Waals surface area contributed by atoms with Crippen molar-refractivity contribution in [1.82, 2.24) is 9.97 Å². The van der Waals surface area contributed by atoms with E-state index in [9.17, 15) is 4.79 Å². The summed E-state index contributed by atoms with van der Waals surface area (Å²) in [6.45, 7) is 7.73. The van der Waals surface area contributed by atoms with Crippen molar-refractivity contribution in [2.75, 3.05) is 43.1 Å². The van der Waals surface area contributed by atoms with E-state index in [-0.39, 0.29) is 11.2 Å². The van der Waals surface area contributed by atoms with Gasteiger partial charge in [-0.15, -0.1) is 0 Å². The van der Waals surface area contributed by atoms with Crippen molar-refractivity contribution in [3.63, 3.8) is 0 Å². The van der Waals surface area contributed by atoms with Gasteiger partial charge in [-0.3, -0.25) is 4.79 Å². The predicted octanol–water partition coefficient (Wildman–Crippen LogP) is 3.92. The van der Waals surface area contributed by atoms with E-state index in [0.717, 1.165) is 54.5 Å². The van der Waals surface area contributed by atoms with Gasteiger partial charge >= 0.3 is 0 Å². The van der Waals surface area contributed by atoms with Crippen LogP contribution >= 0.6 is 11.8 Å². The van der Waals surface area contributed by atoms with Crippen LogP contribution in [0.25, 0.3) is 11.0 Å². The Bertz CT molecular complexity index is 999. The minimum Gasteiger partial charge on any atom is -0.494 e. The third-order valence-electron chi connectivity index (χ3n) is 4.91. The Morgan fingerprint density at radius 2 is 2.03 bits per heavy atom. The minimum atomic E-state index is -0.296. The first-order chi connectivity index (χ1) is 14.6. The van der Waals surface area contributed by atoms with Crippen LogP contribution in [-0.4, -0.2) is 54.0 Å². The van der Waals surface area contributed by atoms with Gasteiger partial charge in [0.25, 0.3) is 0 Å². The van der Waals surface area contributed by atoms with E-state index in [4.69, 9.17) is 9.47 Å². The number of H-pyrrole nitrogens is 1. The Hall–Kier alpha value is -2.71. The summed E-state index contributed by atoms with van der Waals surface area (Å²) in [6.07, 6.45) is 0. The molecule has 7 nitrogen and oxygen atoms in total. The highest BCUT2D eigenvalue weighted by Gasteiger charge is 2.17. The van der Waals surface area contributed by atoms with Crippen LogP contribution in [0.15, 0.2) is 47.6 Å². The number of morpholine rings is 1. The number of aromatic nitrogens is 2. The molecule has 158 valence electrons. The van der Waals surface area contributed by atoms with Crippen LogP contribution in [0.3, 0.4) is 0 Å². The Kier molecular flexibility index (Phi) is 6.44. The molecule has 1 unspecified atom stereocenters. The molecule has 2 aromatic carbocycles. The second kappa shape index (κ2) is 9.40. The molecule has 1 saturated heterocycles. The number of hydrogen-bond donors (Lipinski definition) is 2. The Morgan fingerprint density at radius 1 is 1.27 bits per heavy atom. The van der Waals surface area contributed by atoms with Gasteiger partial charge < -0.3 is 24.7 Å². The number of thioether (sulfide) groups is 1. The zero-order chi connectivity index (χ0) is 20.9. The highest BCUT2D eigenvalue weighted by Crippen LogP contribution is 2.27. The lowest BCUT2D eigenvalue weighted by atomic mass is 10.2. The molecule has 1 aromatic heterocycles. The highest BCUT2D eigenvalue weighted by atomic mass is 32.2. The van der Waals surface area contributed by atoms with E-state index in [1.165, 1.54) is 11.8 Å². The number of hydrogen-bond acceptors (Lipinski definition) is 6. The summed E-state index contributed by atoms with van der Waals surface area (Å²) < 4.78 is 10.9. The molecule has 0 spiro atoms. The number of carbonyl (C=O) groups is 1. The van der Waals surface area contributed by atoms with Crippen molar-refractivity contribution in [2.24, 2.45) is 0 Å². The summed E-state index contributed by atoms with van der Waals surface area (Å²) >= 11 is 1.40. The van der Waals surface area contributed by atoms with Gasteiger partial charge in [0.1, 0.15) is 5.75 Å². The van der Waals surface area contributed by atoms with Crippen molar-refractivity contribution in [2.45, 2.75) is 24.3 Å². The molecule has 1 atom stereocenters. The van der Waals surface area contributed by atoms with Gasteiger partial charge in [-0.2, -0.15) is 0 Å². The van der Waals surface area contributed by atoms with Gasteiger partial charge in [-0.25, -0.2) is 4.98 Å². The van der Waals surface area contributed by atoms with E-state index in [2.05, 4.69) is 20.2 Å². The van der Waals surface area contributed by atoms with E-state index in [1.807, 2.05) is 56.3 Å². The van der Waals surface area contributed by atoms with Crippen LogP contribution in [-0.2, 0) is 9.53 Å². The van der Waals surface area contributed by atoms with E-state index >= 15 is 0 Å². The molecular weight excluding hydrogens is 400 g/mol. The minimum absolute atomic E-state index is 0.0606. The summed E-state index contributed by atoms with van der Waals surface area (Å²) in [7, 11) is 0. The van der Waals surface area contributed by atoms with E-state index in [0.29, 0.717) is 11.8 Å². The van der Waals surface area contributed by atoms with Crippen LogP contribution in [0.1, 0.15) is 13.8 Å². The number of ether oxygens (including phenoxy) is 2. The summed E-state index contributed by atoms with van der Waals surface area (Å²) in [5.74, 6) is 0.742. The second-order valence-corrected chi connectivity index (χ2v) is 8.38. The first-order valence-electron chi connectivity index (χ1n) is 10.1. The SMILES string of the molecule is CCOc1ccc2nc(SC(C)C(=O)Nc3ccc(N4CCOCC4)cc3)[nH]c2c1. The number of nitrogens with one attached hydrogen (secondary N) is 2. The first kappa shape index (κ1) is 20.6. The monoisotopic (exact) mass is 426 g/mol. The maximum absolute atomic E-state index is 12.6. The number of anilines is 2. The highest BCUT2D eigenvalue weighted by molar-refractivity contribution is 8.00. The first-order valence-corrected chi connectivity index (χ1v) is 11.0. The molecule has 0 saturated carbocycles. The van der Waals surface area contributed by atoms with Crippen LogP contribution in [0, 0.1) is 0 Å². The Balaban J connectivity index is 1.36. The number of imidazole rings is 1. The van der Waals surface area contributed by atoms with Crippen molar-refractivity contribution < 1.29 is 14.3 Å². The van der Waals surface area contributed by atoms with Crippen molar-refractivity contribution in [3.8, 4) is 5.75 Å². The van der Waals surface area contributed by atoms with Gasteiger partial charge in [-0.1, -0.05) is 11.8 Å². The number of carbonyl (C=O) groups excluding carboxylic acids is 1. The number of nitrogens with zero attached hydrogens (tertiary/aromatic N) is 2.